The second-order valence-electron chi connectivity index (χ2n) is 2.35. The SMILES string of the molecule is C[NH2+]/C=C1/C=CC(N)=CC1=N. The van der Waals surface area contributed by atoms with Gasteiger partial charge in [-0.05, 0) is 18.2 Å². The molecule has 1 aliphatic carbocycles. The molecular weight excluding hydrogens is 138 g/mol. The predicted molar refractivity (Wildman–Crippen MR) is 45.1 cm³/mol. The van der Waals surface area contributed by atoms with Crippen molar-refractivity contribution in [2.24, 2.45) is 5.73 Å². The Morgan fingerprint density at radius 1 is 1.55 bits per heavy atom. The number of rotatable bonds is 1. The highest BCUT2D eigenvalue weighted by Gasteiger charge is 2.04. The molecule has 0 bridgehead atoms. The fraction of sp³-hybridized carbons (Fsp3) is 0.125. The van der Waals surface area contributed by atoms with E-state index in [9.17, 15) is 0 Å². The molecule has 0 atom stereocenters. The maximum atomic E-state index is 7.48. The average molecular weight is 150 g/mol. The summed E-state index contributed by atoms with van der Waals surface area (Å²) >= 11 is 0. The molecule has 0 amide bonds. The molecule has 0 fully saturated rings. The van der Waals surface area contributed by atoms with Crippen molar-refractivity contribution >= 4 is 5.71 Å². The minimum atomic E-state index is 0.475. The molecule has 0 aromatic heterocycles. The summed E-state index contributed by atoms with van der Waals surface area (Å²) in [6.45, 7) is 0. The van der Waals surface area contributed by atoms with Crippen LogP contribution in [0, 0.1) is 5.41 Å². The van der Waals surface area contributed by atoms with Gasteiger partial charge in [0.1, 0.15) is 6.20 Å². The van der Waals surface area contributed by atoms with Crippen LogP contribution >= 0.6 is 0 Å². The molecule has 3 nitrogen and oxygen atoms in total. The minimum Gasteiger partial charge on any atom is -0.399 e. The van der Waals surface area contributed by atoms with E-state index < -0.39 is 0 Å². The van der Waals surface area contributed by atoms with Crippen LogP contribution in [0.2, 0.25) is 0 Å². The van der Waals surface area contributed by atoms with Crippen molar-refractivity contribution in [3.63, 3.8) is 0 Å². The van der Waals surface area contributed by atoms with Crippen molar-refractivity contribution in [1.29, 1.82) is 5.41 Å². The first-order valence-electron chi connectivity index (χ1n) is 3.48. The van der Waals surface area contributed by atoms with E-state index >= 15 is 0 Å². The van der Waals surface area contributed by atoms with E-state index in [1.54, 1.807) is 12.2 Å². The Bertz CT molecular complexity index is 259. The van der Waals surface area contributed by atoms with Crippen LogP contribution in [0.15, 0.2) is 35.7 Å². The molecule has 5 N–H and O–H groups in total. The number of hydrogen-bond donors (Lipinski definition) is 3. The van der Waals surface area contributed by atoms with Gasteiger partial charge in [-0.15, -0.1) is 0 Å². The Labute approximate surface area is 65.8 Å². The summed E-state index contributed by atoms with van der Waals surface area (Å²) in [6, 6.07) is 0. The summed E-state index contributed by atoms with van der Waals surface area (Å²) in [4.78, 5) is 0. The predicted octanol–water partition coefficient (Wildman–Crippen LogP) is -0.504. The van der Waals surface area contributed by atoms with Gasteiger partial charge < -0.3 is 11.1 Å². The van der Waals surface area contributed by atoms with Gasteiger partial charge >= 0.3 is 0 Å². The molecule has 58 valence electrons. The van der Waals surface area contributed by atoms with Gasteiger partial charge in [0.15, 0.2) is 0 Å². The fourth-order valence-electron chi connectivity index (χ4n) is 0.899. The number of hydrogen-bond acceptors (Lipinski definition) is 2. The lowest BCUT2D eigenvalue weighted by Crippen LogP contribution is -2.73. The van der Waals surface area contributed by atoms with Gasteiger partial charge in [-0.1, -0.05) is 0 Å². The molecule has 0 aromatic rings. The van der Waals surface area contributed by atoms with Gasteiger partial charge in [-0.2, -0.15) is 0 Å². The van der Waals surface area contributed by atoms with E-state index in [-0.39, 0.29) is 0 Å². The lowest BCUT2D eigenvalue weighted by Gasteiger charge is -2.04. The van der Waals surface area contributed by atoms with Gasteiger partial charge in [0.25, 0.3) is 0 Å². The summed E-state index contributed by atoms with van der Waals surface area (Å²) in [5.41, 5.74) is 7.50. The molecular formula is C8H12N3+. The van der Waals surface area contributed by atoms with Crippen molar-refractivity contribution in [2.45, 2.75) is 0 Å². The monoisotopic (exact) mass is 150 g/mol. The fourth-order valence-corrected chi connectivity index (χ4v) is 0.899. The Morgan fingerprint density at radius 2 is 2.27 bits per heavy atom. The smallest absolute Gasteiger partial charge is 0.102 e. The number of nitrogens with two attached hydrogens (primary N) is 2. The number of allylic oxidation sites excluding steroid dienone is 4. The minimum absolute atomic E-state index is 0.475. The van der Waals surface area contributed by atoms with Crippen molar-refractivity contribution < 1.29 is 5.32 Å². The van der Waals surface area contributed by atoms with E-state index in [0.29, 0.717) is 11.4 Å². The highest BCUT2D eigenvalue weighted by atomic mass is 14.8. The normalized spacial score (nSPS) is 20.6. The Balaban J connectivity index is 2.86. The van der Waals surface area contributed by atoms with Crippen LogP contribution < -0.4 is 11.1 Å². The van der Waals surface area contributed by atoms with E-state index in [4.69, 9.17) is 11.1 Å². The molecule has 0 aliphatic heterocycles. The van der Waals surface area contributed by atoms with Gasteiger partial charge in [0.05, 0.1) is 18.3 Å². The molecule has 0 radical (unpaired) electrons. The molecule has 1 rings (SSSR count). The van der Waals surface area contributed by atoms with Crippen LogP contribution in [-0.2, 0) is 0 Å². The molecule has 0 spiro atoms. The summed E-state index contributed by atoms with van der Waals surface area (Å²) in [6.07, 6.45) is 7.18. The van der Waals surface area contributed by atoms with Gasteiger partial charge in [0.2, 0.25) is 0 Å². The van der Waals surface area contributed by atoms with Crippen molar-refractivity contribution in [1.82, 2.24) is 0 Å². The van der Waals surface area contributed by atoms with E-state index in [2.05, 4.69) is 0 Å². The third-order valence-electron chi connectivity index (χ3n) is 1.42. The molecule has 1 aliphatic rings. The van der Waals surface area contributed by atoms with Gasteiger partial charge in [0, 0.05) is 5.70 Å². The summed E-state index contributed by atoms with van der Waals surface area (Å²) in [5, 5.41) is 9.39. The largest absolute Gasteiger partial charge is 0.399 e. The first-order valence-corrected chi connectivity index (χ1v) is 3.48. The Hall–Kier alpha value is -1.35. The summed E-state index contributed by atoms with van der Waals surface area (Å²) < 4.78 is 0. The molecule has 0 unspecified atom stereocenters. The maximum absolute atomic E-state index is 7.48. The molecule has 0 aromatic carbocycles. The molecule has 0 heterocycles. The zero-order chi connectivity index (χ0) is 8.27. The van der Waals surface area contributed by atoms with Gasteiger partial charge in [-0.25, -0.2) is 0 Å². The second kappa shape index (κ2) is 3.16. The molecule has 3 heteroatoms. The Morgan fingerprint density at radius 3 is 2.82 bits per heavy atom. The Kier molecular flexibility index (Phi) is 2.23. The zero-order valence-electron chi connectivity index (χ0n) is 6.46. The van der Waals surface area contributed by atoms with Crippen molar-refractivity contribution in [3.05, 3.63) is 35.7 Å². The molecule has 0 saturated heterocycles. The van der Waals surface area contributed by atoms with Gasteiger partial charge in [-0.3, -0.25) is 5.41 Å². The first-order chi connectivity index (χ1) is 5.24. The number of nitrogens with one attached hydrogen (secondary N) is 1. The van der Waals surface area contributed by atoms with Crippen LogP contribution in [0.1, 0.15) is 0 Å². The highest BCUT2D eigenvalue weighted by molar-refractivity contribution is 6.09. The molecule has 0 saturated carbocycles. The lowest BCUT2D eigenvalue weighted by molar-refractivity contribution is -0.556. The summed E-state index contributed by atoms with van der Waals surface area (Å²) in [5.74, 6) is 0. The topological polar surface area (TPSA) is 66.5 Å². The average Bonchev–Trinajstić information content (AvgIpc) is 1.95. The maximum Gasteiger partial charge on any atom is 0.102 e. The van der Waals surface area contributed by atoms with Crippen molar-refractivity contribution in [2.75, 3.05) is 7.05 Å². The lowest BCUT2D eigenvalue weighted by atomic mass is 10.1. The third kappa shape index (κ3) is 1.78. The number of quaternary nitrogens is 1. The van der Waals surface area contributed by atoms with Crippen LogP contribution in [-0.4, -0.2) is 12.8 Å². The standard InChI is InChI=1S/C8H11N3/c1-11-5-6-2-3-7(9)4-8(6)10/h2-5,10-11H,9H2,1H3/p+1/b6-5-,10-8?. The van der Waals surface area contributed by atoms with Crippen LogP contribution in [0.4, 0.5) is 0 Å². The van der Waals surface area contributed by atoms with Crippen LogP contribution in [0.5, 0.6) is 0 Å². The second-order valence-corrected chi connectivity index (χ2v) is 2.35. The van der Waals surface area contributed by atoms with E-state index in [0.717, 1.165) is 5.57 Å². The summed E-state index contributed by atoms with van der Waals surface area (Å²) in [7, 11) is 1.93. The van der Waals surface area contributed by atoms with E-state index in [1.807, 2.05) is 24.6 Å². The zero-order valence-corrected chi connectivity index (χ0v) is 6.46. The quantitative estimate of drug-likeness (QED) is 0.463. The molecule has 11 heavy (non-hydrogen) atoms. The van der Waals surface area contributed by atoms with Crippen LogP contribution in [0.3, 0.4) is 0 Å². The van der Waals surface area contributed by atoms with E-state index in [1.165, 1.54) is 0 Å². The van der Waals surface area contributed by atoms with Crippen LogP contribution in [0.25, 0.3) is 0 Å². The highest BCUT2D eigenvalue weighted by Crippen LogP contribution is 2.06. The third-order valence-corrected chi connectivity index (χ3v) is 1.42. The first kappa shape index (κ1) is 7.75. The van der Waals surface area contributed by atoms with Crippen molar-refractivity contribution in [3.8, 4) is 0 Å².